The van der Waals surface area contributed by atoms with Crippen molar-refractivity contribution in [2.45, 2.75) is 20.0 Å². The van der Waals surface area contributed by atoms with E-state index in [0.717, 1.165) is 17.5 Å². The minimum absolute atomic E-state index is 0.0783. The fraction of sp³-hybridized carbons (Fsp3) is 0.217. The third-order valence-corrected chi connectivity index (χ3v) is 4.24. The molecule has 1 heterocycles. The number of amides is 1. The van der Waals surface area contributed by atoms with Gasteiger partial charge < -0.3 is 19.5 Å². The Kier molecular flexibility index (Phi) is 7.05. The molecule has 1 N–H and O–H groups in total. The molecule has 0 atom stereocenters. The SMILES string of the molecule is CCc1cccc(OCC(=O)Nc2ccc(OC)c(OCc3cccnc3)c2)c1. The smallest absolute Gasteiger partial charge is 0.262 e. The van der Waals surface area contributed by atoms with Gasteiger partial charge in [-0.1, -0.05) is 25.1 Å². The predicted molar refractivity (Wildman–Crippen MR) is 112 cm³/mol. The van der Waals surface area contributed by atoms with Crippen LogP contribution in [-0.2, 0) is 17.8 Å². The van der Waals surface area contributed by atoms with E-state index in [1.807, 2.05) is 36.4 Å². The quantitative estimate of drug-likeness (QED) is 0.590. The molecule has 0 fully saturated rings. The van der Waals surface area contributed by atoms with E-state index in [4.69, 9.17) is 14.2 Å². The highest BCUT2D eigenvalue weighted by Crippen LogP contribution is 2.31. The number of methoxy groups -OCH3 is 1. The van der Waals surface area contributed by atoms with Gasteiger partial charge in [-0.15, -0.1) is 0 Å². The number of ether oxygens (including phenoxy) is 3. The monoisotopic (exact) mass is 392 g/mol. The van der Waals surface area contributed by atoms with Gasteiger partial charge in [0.25, 0.3) is 5.91 Å². The van der Waals surface area contributed by atoms with E-state index in [2.05, 4.69) is 17.2 Å². The van der Waals surface area contributed by atoms with E-state index in [1.54, 1.807) is 37.7 Å². The molecular formula is C23H24N2O4. The van der Waals surface area contributed by atoms with Gasteiger partial charge in [0, 0.05) is 29.7 Å². The van der Waals surface area contributed by atoms with E-state index in [9.17, 15) is 4.79 Å². The zero-order chi connectivity index (χ0) is 20.5. The van der Waals surface area contributed by atoms with Crippen LogP contribution in [0.2, 0.25) is 0 Å². The summed E-state index contributed by atoms with van der Waals surface area (Å²) >= 11 is 0. The number of benzene rings is 2. The predicted octanol–water partition coefficient (Wildman–Crippen LogP) is 4.25. The summed E-state index contributed by atoms with van der Waals surface area (Å²) in [5.74, 6) is 1.54. The number of carbonyl (C=O) groups is 1. The molecule has 0 aliphatic rings. The van der Waals surface area contributed by atoms with Crippen molar-refractivity contribution in [3.63, 3.8) is 0 Å². The summed E-state index contributed by atoms with van der Waals surface area (Å²) < 4.78 is 16.8. The first kappa shape index (κ1) is 20.2. The van der Waals surface area contributed by atoms with Crippen molar-refractivity contribution in [1.29, 1.82) is 0 Å². The molecule has 150 valence electrons. The lowest BCUT2D eigenvalue weighted by Gasteiger charge is -2.13. The molecule has 0 unspecified atom stereocenters. The second kappa shape index (κ2) is 10.1. The Morgan fingerprint density at radius 3 is 2.62 bits per heavy atom. The average molecular weight is 392 g/mol. The summed E-state index contributed by atoms with van der Waals surface area (Å²) in [5.41, 5.74) is 2.70. The van der Waals surface area contributed by atoms with E-state index >= 15 is 0 Å². The lowest BCUT2D eigenvalue weighted by atomic mass is 10.2. The average Bonchev–Trinajstić information content (AvgIpc) is 2.77. The van der Waals surface area contributed by atoms with Crippen LogP contribution in [0.15, 0.2) is 67.0 Å². The Labute approximate surface area is 170 Å². The van der Waals surface area contributed by atoms with Gasteiger partial charge >= 0.3 is 0 Å². The zero-order valence-corrected chi connectivity index (χ0v) is 16.6. The molecule has 2 aromatic carbocycles. The van der Waals surface area contributed by atoms with Crippen LogP contribution in [0.5, 0.6) is 17.2 Å². The minimum Gasteiger partial charge on any atom is -0.493 e. The maximum atomic E-state index is 12.3. The molecule has 1 aromatic heterocycles. The highest BCUT2D eigenvalue weighted by molar-refractivity contribution is 5.92. The summed E-state index contributed by atoms with van der Waals surface area (Å²) in [6, 6.07) is 16.7. The molecular weight excluding hydrogens is 368 g/mol. The summed E-state index contributed by atoms with van der Waals surface area (Å²) in [7, 11) is 1.57. The van der Waals surface area contributed by atoms with Gasteiger partial charge in [-0.3, -0.25) is 9.78 Å². The number of pyridine rings is 1. The number of hydrogen-bond acceptors (Lipinski definition) is 5. The fourth-order valence-electron chi connectivity index (χ4n) is 2.71. The minimum atomic E-state index is -0.254. The van der Waals surface area contributed by atoms with Crippen molar-refractivity contribution < 1.29 is 19.0 Å². The number of nitrogens with zero attached hydrogens (tertiary/aromatic N) is 1. The number of anilines is 1. The van der Waals surface area contributed by atoms with Gasteiger partial charge in [-0.05, 0) is 42.3 Å². The normalized spacial score (nSPS) is 10.3. The first-order chi connectivity index (χ1) is 14.2. The molecule has 0 spiro atoms. The molecule has 1 amide bonds. The molecule has 6 heteroatoms. The van der Waals surface area contributed by atoms with E-state index < -0.39 is 0 Å². The van der Waals surface area contributed by atoms with Crippen LogP contribution in [-0.4, -0.2) is 24.6 Å². The van der Waals surface area contributed by atoms with Crippen LogP contribution in [0.1, 0.15) is 18.1 Å². The molecule has 0 aliphatic carbocycles. The highest BCUT2D eigenvalue weighted by Gasteiger charge is 2.10. The standard InChI is InChI=1S/C23H24N2O4/c1-3-17-6-4-8-20(12-17)28-16-23(26)25-19-9-10-21(27-2)22(13-19)29-15-18-7-5-11-24-14-18/h4-14H,3,15-16H2,1-2H3,(H,25,26). The Balaban J connectivity index is 1.60. The summed E-state index contributed by atoms with van der Waals surface area (Å²) in [5, 5.41) is 2.82. The van der Waals surface area contributed by atoms with Crippen molar-refractivity contribution >= 4 is 11.6 Å². The van der Waals surface area contributed by atoms with Crippen molar-refractivity contribution in [2.75, 3.05) is 19.0 Å². The molecule has 3 aromatic rings. The van der Waals surface area contributed by atoms with Crippen molar-refractivity contribution in [3.05, 3.63) is 78.1 Å². The topological polar surface area (TPSA) is 69.7 Å². The molecule has 0 saturated carbocycles. The summed E-state index contributed by atoms with van der Waals surface area (Å²) in [6.45, 7) is 2.34. The molecule has 0 radical (unpaired) electrons. The highest BCUT2D eigenvalue weighted by atomic mass is 16.5. The van der Waals surface area contributed by atoms with Gasteiger partial charge in [0.2, 0.25) is 0 Å². The Morgan fingerprint density at radius 2 is 1.86 bits per heavy atom. The van der Waals surface area contributed by atoms with Gasteiger partial charge in [0.15, 0.2) is 18.1 Å². The van der Waals surface area contributed by atoms with Crippen molar-refractivity contribution in [1.82, 2.24) is 4.98 Å². The Morgan fingerprint density at radius 1 is 1.00 bits per heavy atom. The number of nitrogens with one attached hydrogen (secondary N) is 1. The second-order valence-electron chi connectivity index (χ2n) is 6.35. The van der Waals surface area contributed by atoms with E-state index in [0.29, 0.717) is 29.5 Å². The van der Waals surface area contributed by atoms with Crippen molar-refractivity contribution in [2.24, 2.45) is 0 Å². The molecule has 0 saturated heterocycles. The van der Waals surface area contributed by atoms with Gasteiger partial charge in [-0.25, -0.2) is 0 Å². The van der Waals surface area contributed by atoms with Gasteiger partial charge in [0.1, 0.15) is 12.4 Å². The second-order valence-corrected chi connectivity index (χ2v) is 6.35. The first-order valence-electron chi connectivity index (χ1n) is 9.39. The first-order valence-corrected chi connectivity index (χ1v) is 9.39. The zero-order valence-electron chi connectivity index (χ0n) is 16.6. The van der Waals surface area contributed by atoms with Crippen LogP contribution in [0.25, 0.3) is 0 Å². The Hall–Kier alpha value is -3.54. The molecule has 29 heavy (non-hydrogen) atoms. The molecule has 0 aliphatic heterocycles. The van der Waals surface area contributed by atoms with E-state index in [-0.39, 0.29) is 12.5 Å². The van der Waals surface area contributed by atoms with Crippen LogP contribution < -0.4 is 19.5 Å². The maximum Gasteiger partial charge on any atom is 0.262 e. The summed E-state index contributed by atoms with van der Waals surface area (Å²) in [4.78, 5) is 16.3. The molecule has 3 rings (SSSR count). The van der Waals surface area contributed by atoms with Crippen LogP contribution in [0.3, 0.4) is 0 Å². The molecule has 0 bridgehead atoms. The third kappa shape index (κ3) is 5.97. The van der Waals surface area contributed by atoms with Crippen LogP contribution in [0.4, 0.5) is 5.69 Å². The number of hydrogen-bond donors (Lipinski definition) is 1. The molecule has 6 nitrogen and oxygen atoms in total. The third-order valence-electron chi connectivity index (χ3n) is 4.24. The van der Waals surface area contributed by atoms with Gasteiger partial charge in [0.05, 0.1) is 7.11 Å². The number of rotatable bonds is 9. The van der Waals surface area contributed by atoms with Crippen LogP contribution >= 0.6 is 0 Å². The van der Waals surface area contributed by atoms with Gasteiger partial charge in [-0.2, -0.15) is 0 Å². The number of carbonyl (C=O) groups excluding carboxylic acids is 1. The number of aryl methyl sites for hydroxylation is 1. The van der Waals surface area contributed by atoms with Crippen molar-refractivity contribution in [3.8, 4) is 17.2 Å². The lowest BCUT2D eigenvalue weighted by molar-refractivity contribution is -0.118. The number of aromatic nitrogens is 1. The largest absolute Gasteiger partial charge is 0.493 e. The summed E-state index contributed by atoms with van der Waals surface area (Å²) in [6.07, 6.45) is 4.36. The van der Waals surface area contributed by atoms with Crippen LogP contribution in [0, 0.1) is 0 Å². The van der Waals surface area contributed by atoms with E-state index in [1.165, 1.54) is 0 Å². The Bertz CT molecular complexity index is 945. The maximum absolute atomic E-state index is 12.3. The lowest BCUT2D eigenvalue weighted by Crippen LogP contribution is -2.20. The fourth-order valence-corrected chi connectivity index (χ4v) is 2.71.